The highest BCUT2D eigenvalue weighted by molar-refractivity contribution is 6.34. The van der Waals surface area contributed by atoms with Crippen molar-refractivity contribution in [2.24, 2.45) is 0 Å². The Kier molecular flexibility index (Phi) is 4.55. The largest absolute Gasteiger partial charge is 0.545 e. The Labute approximate surface area is 172 Å². The molecule has 11 nitrogen and oxygen atoms in total. The second kappa shape index (κ2) is 7.22. The first kappa shape index (κ1) is 19.5. The van der Waals surface area contributed by atoms with Crippen LogP contribution in [-0.2, 0) is 0 Å². The molecular weight excluding hydrogens is 408 g/mol. The zero-order valence-electron chi connectivity index (χ0n) is 15.4. The number of imide groups is 1. The van der Waals surface area contributed by atoms with E-state index in [2.05, 4.69) is 10.3 Å². The predicted octanol–water partition coefficient (Wildman–Crippen LogP) is -0.520. The third-order valence-electron chi connectivity index (χ3n) is 4.57. The number of carbonyl (C=O) groups excluding carboxylic acids is 4. The van der Waals surface area contributed by atoms with Crippen LogP contribution in [0.4, 0.5) is 11.4 Å². The molecular formula is C20H11N4O7-. The number of hydrogen-bond donors (Lipinski definition) is 3. The van der Waals surface area contributed by atoms with Crippen LogP contribution in [0, 0.1) is 0 Å². The van der Waals surface area contributed by atoms with Crippen molar-refractivity contribution in [2.45, 2.75) is 0 Å². The summed E-state index contributed by atoms with van der Waals surface area (Å²) in [6.07, 6.45) is 0.951. The number of fused-ring (bicyclic) bond motifs is 1. The van der Waals surface area contributed by atoms with E-state index in [0.29, 0.717) is 10.6 Å². The van der Waals surface area contributed by atoms with E-state index in [0.717, 1.165) is 6.20 Å². The average Bonchev–Trinajstić information content (AvgIpc) is 2.98. The molecule has 1 aliphatic rings. The van der Waals surface area contributed by atoms with Gasteiger partial charge in [-0.15, -0.1) is 0 Å². The molecule has 0 aliphatic carbocycles. The Hall–Kier alpha value is -4.80. The van der Waals surface area contributed by atoms with E-state index in [1.165, 1.54) is 42.5 Å². The fraction of sp³-hybridized carbons (Fsp3) is 0. The van der Waals surface area contributed by atoms with Crippen molar-refractivity contribution >= 4 is 35.1 Å². The molecule has 11 heteroatoms. The molecule has 3 amide bonds. The summed E-state index contributed by atoms with van der Waals surface area (Å²) in [4.78, 5) is 76.6. The third-order valence-corrected chi connectivity index (χ3v) is 4.57. The van der Waals surface area contributed by atoms with Gasteiger partial charge in [0.25, 0.3) is 23.3 Å². The van der Waals surface area contributed by atoms with Crippen molar-refractivity contribution in [3.63, 3.8) is 0 Å². The molecule has 0 saturated heterocycles. The maximum atomic E-state index is 12.7. The Bertz CT molecular complexity index is 1390. The number of benzene rings is 2. The van der Waals surface area contributed by atoms with Gasteiger partial charge in [-0.1, -0.05) is 12.1 Å². The quantitative estimate of drug-likeness (QED) is 0.477. The van der Waals surface area contributed by atoms with Gasteiger partial charge in [0.15, 0.2) is 0 Å². The Balaban J connectivity index is 1.62. The maximum absolute atomic E-state index is 12.7. The van der Waals surface area contributed by atoms with Crippen molar-refractivity contribution in [3.05, 3.63) is 91.8 Å². The number of aromatic carboxylic acids is 1. The number of nitrogens with zero attached hydrogens (tertiary/aromatic N) is 1. The minimum Gasteiger partial charge on any atom is -0.545 e. The van der Waals surface area contributed by atoms with E-state index in [1.54, 1.807) is 0 Å². The fourth-order valence-corrected chi connectivity index (χ4v) is 3.06. The maximum Gasteiger partial charge on any atom is 0.325 e. The van der Waals surface area contributed by atoms with E-state index in [4.69, 9.17) is 0 Å². The van der Waals surface area contributed by atoms with Crippen LogP contribution < -0.4 is 26.6 Å². The molecule has 0 saturated carbocycles. The zero-order chi connectivity index (χ0) is 22.3. The van der Waals surface area contributed by atoms with E-state index in [-0.39, 0.29) is 27.9 Å². The number of amides is 3. The summed E-state index contributed by atoms with van der Waals surface area (Å²) in [6.45, 7) is 0. The zero-order valence-corrected chi connectivity index (χ0v) is 15.4. The Morgan fingerprint density at radius 3 is 2.16 bits per heavy atom. The molecule has 0 radical (unpaired) electrons. The summed E-state index contributed by atoms with van der Waals surface area (Å²) < 4.78 is 0. The lowest BCUT2D eigenvalue weighted by Crippen LogP contribution is -2.36. The number of aromatic amines is 2. The summed E-state index contributed by atoms with van der Waals surface area (Å²) in [5.41, 5.74) is -1.86. The molecule has 154 valence electrons. The molecule has 0 spiro atoms. The predicted molar refractivity (Wildman–Crippen MR) is 104 cm³/mol. The molecule has 3 N–H and O–H groups in total. The number of carbonyl (C=O) groups is 4. The van der Waals surface area contributed by atoms with Gasteiger partial charge < -0.3 is 20.2 Å². The minimum atomic E-state index is -1.36. The van der Waals surface area contributed by atoms with E-state index >= 15 is 0 Å². The first-order valence-electron chi connectivity index (χ1n) is 8.74. The number of rotatable bonds is 4. The summed E-state index contributed by atoms with van der Waals surface area (Å²) in [7, 11) is 0. The summed E-state index contributed by atoms with van der Waals surface area (Å²) >= 11 is 0. The van der Waals surface area contributed by atoms with E-state index < -0.39 is 34.9 Å². The second-order valence-electron chi connectivity index (χ2n) is 6.48. The third kappa shape index (κ3) is 3.40. The van der Waals surface area contributed by atoms with Gasteiger partial charge >= 0.3 is 5.69 Å². The molecule has 2 heterocycles. The number of H-pyrrole nitrogens is 2. The first-order chi connectivity index (χ1) is 14.8. The number of hydrogen-bond acceptors (Lipinski definition) is 7. The smallest absolute Gasteiger partial charge is 0.325 e. The summed E-state index contributed by atoms with van der Waals surface area (Å²) in [6, 6.07) is 9.08. The lowest BCUT2D eigenvalue weighted by atomic mass is 10.1. The molecule has 0 unspecified atom stereocenters. The van der Waals surface area contributed by atoms with Gasteiger partial charge in [0.05, 0.1) is 17.1 Å². The summed E-state index contributed by atoms with van der Waals surface area (Å²) in [5, 5.41) is 13.3. The van der Waals surface area contributed by atoms with Crippen LogP contribution in [0.3, 0.4) is 0 Å². The number of aromatic nitrogens is 2. The lowest BCUT2D eigenvalue weighted by Gasteiger charge is -2.11. The van der Waals surface area contributed by atoms with Gasteiger partial charge in [0.1, 0.15) is 5.69 Å². The van der Waals surface area contributed by atoms with Gasteiger partial charge in [-0.25, -0.2) is 9.69 Å². The van der Waals surface area contributed by atoms with Gasteiger partial charge in [-0.2, -0.15) is 0 Å². The van der Waals surface area contributed by atoms with E-state index in [1.807, 2.05) is 4.98 Å². The lowest BCUT2D eigenvalue weighted by molar-refractivity contribution is -0.255. The molecule has 1 aliphatic heterocycles. The standard InChI is InChI=1S/C20H12N4O7/c25-15(22-11-4-1-9(2-5-11)19(29)30)10-3-6-12-13(7-10)18(28)24(17(12)27)14-8-21-20(31)23-16(14)26/h1-8H,(H,22,25)(H,29,30)(H2,21,23,26,31)/p-1. The van der Waals surface area contributed by atoms with Gasteiger partial charge in [-0.05, 0) is 35.9 Å². The highest BCUT2D eigenvalue weighted by atomic mass is 16.4. The van der Waals surface area contributed by atoms with Crippen LogP contribution in [-0.4, -0.2) is 33.7 Å². The van der Waals surface area contributed by atoms with Crippen molar-refractivity contribution in [1.82, 2.24) is 9.97 Å². The molecule has 0 bridgehead atoms. The fourth-order valence-electron chi connectivity index (χ4n) is 3.06. The van der Waals surface area contributed by atoms with Gasteiger partial charge in [-0.3, -0.25) is 24.2 Å². The van der Waals surface area contributed by atoms with Crippen LogP contribution in [0.2, 0.25) is 0 Å². The number of carboxylic acids is 1. The van der Waals surface area contributed by atoms with Crippen molar-refractivity contribution in [3.8, 4) is 0 Å². The number of nitrogens with one attached hydrogen (secondary N) is 3. The summed E-state index contributed by atoms with van der Waals surface area (Å²) in [5.74, 6) is -3.57. The van der Waals surface area contributed by atoms with Gasteiger partial charge in [0, 0.05) is 17.4 Å². The topological polar surface area (TPSA) is 172 Å². The Morgan fingerprint density at radius 2 is 1.52 bits per heavy atom. The normalized spacial score (nSPS) is 12.6. The second-order valence-corrected chi connectivity index (χ2v) is 6.48. The Morgan fingerprint density at radius 1 is 0.871 bits per heavy atom. The van der Waals surface area contributed by atoms with Crippen LogP contribution in [0.1, 0.15) is 41.4 Å². The highest BCUT2D eigenvalue weighted by Gasteiger charge is 2.38. The number of anilines is 2. The molecule has 1 aromatic heterocycles. The molecule has 3 aromatic rings. The molecule has 0 fully saturated rings. The molecule has 2 aromatic carbocycles. The number of carboxylic acid groups (broad SMARTS) is 1. The molecule has 31 heavy (non-hydrogen) atoms. The van der Waals surface area contributed by atoms with Crippen LogP contribution in [0.15, 0.2) is 58.3 Å². The van der Waals surface area contributed by atoms with Crippen molar-refractivity contribution < 1.29 is 24.3 Å². The van der Waals surface area contributed by atoms with E-state index in [9.17, 15) is 33.9 Å². The van der Waals surface area contributed by atoms with Crippen LogP contribution >= 0.6 is 0 Å². The minimum absolute atomic E-state index is 0.00883. The van der Waals surface area contributed by atoms with Crippen molar-refractivity contribution in [2.75, 3.05) is 10.2 Å². The van der Waals surface area contributed by atoms with Gasteiger partial charge in [0.2, 0.25) is 0 Å². The van der Waals surface area contributed by atoms with Crippen molar-refractivity contribution in [1.29, 1.82) is 0 Å². The molecule has 0 atom stereocenters. The van der Waals surface area contributed by atoms with Crippen LogP contribution in [0.25, 0.3) is 0 Å². The first-order valence-corrected chi connectivity index (χ1v) is 8.74. The monoisotopic (exact) mass is 419 g/mol. The molecule has 4 rings (SSSR count). The average molecular weight is 419 g/mol. The SMILES string of the molecule is O=C([O-])c1ccc(NC(=O)c2ccc3c(c2)C(=O)N(c2c[nH]c(=O)[nH]c2=O)C3=O)cc1. The van der Waals surface area contributed by atoms with Crippen LogP contribution in [0.5, 0.6) is 0 Å². The highest BCUT2D eigenvalue weighted by Crippen LogP contribution is 2.27.